The highest BCUT2D eigenvalue weighted by molar-refractivity contribution is 7.86. The topological polar surface area (TPSA) is 88.6 Å². The number of rotatable bonds is 1. The maximum absolute atomic E-state index is 10.7. The van der Waals surface area contributed by atoms with E-state index >= 15 is 0 Å². The molecule has 25 heavy (non-hydrogen) atoms. The van der Waals surface area contributed by atoms with E-state index in [1.807, 2.05) is 24.3 Å². The van der Waals surface area contributed by atoms with Crippen molar-refractivity contribution in [3.05, 3.63) is 41.4 Å². The van der Waals surface area contributed by atoms with E-state index in [1.54, 1.807) is 0 Å². The van der Waals surface area contributed by atoms with Crippen molar-refractivity contribution in [2.75, 3.05) is 18.0 Å². The summed E-state index contributed by atoms with van der Waals surface area (Å²) >= 11 is 0. The molecule has 0 aliphatic carbocycles. The van der Waals surface area contributed by atoms with E-state index in [2.05, 4.69) is 22.0 Å². The van der Waals surface area contributed by atoms with E-state index in [4.69, 9.17) is 18.4 Å². The van der Waals surface area contributed by atoms with Crippen LogP contribution in [0.4, 0.5) is 24.5 Å². The lowest BCUT2D eigenvalue weighted by molar-refractivity contribution is -0.0517. The lowest BCUT2D eigenvalue weighted by Gasteiger charge is -2.19. The monoisotopic (exact) mass is 373 g/mol. The van der Waals surface area contributed by atoms with Gasteiger partial charge in [-0.1, -0.05) is 18.2 Å². The summed E-state index contributed by atoms with van der Waals surface area (Å²) in [5, 5.41) is 11.2. The number of halogens is 3. The molecule has 0 atom stereocenters. The summed E-state index contributed by atoms with van der Waals surface area (Å²) in [5.41, 5.74) is -3.75. The van der Waals surface area contributed by atoms with E-state index < -0.39 is 15.6 Å². The maximum Gasteiger partial charge on any atom is 0.485 e. The number of nitrogens with zero attached hydrogens (tertiary/aromatic N) is 3. The summed E-state index contributed by atoms with van der Waals surface area (Å²) in [6.07, 6.45) is 2.53. The van der Waals surface area contributed by atoms with Crippen LogP contribution in [0.15, 0.2) is 36.4 Å². The summed E-state index contributed by atoms with van der Waals surface area (Å²) < 4.78 is 58.9. The SMILES string of the molecule is N#[N+]c1ccc(N2CCCC2)c2ccccc12.O=S(=O)([O-])C(F)(F)F. The number of hydrogen-bond acceptors (Lipinski definition) is 5. The number of alkyl halides is 3. The summed E-state index contributed by atoms with van der Waals surface area (Å²) in [7, 11) is -6.09. The second-order valence-corrected chi connectivity index (χ2v) is 6.71. The molecule has 1 heterocycles. The van der Waals surface area contributed by atoms with Crippen molar-refractivity contribution in [2.24, 2.45) is 0 Å². The van der Waals surface area contributed by atoms with Gasteiger partial charge in [-0.05, 0) is 25.0 Å². The van der Waals surface area contributed by atoms with Gasteiger partial charge in [0.25, 0.3) is 0 Å². The van der Waals surface area contributed by atoms with Crippen LogP contribution < -0.4 is 4.90 Å². The predicted molar refractivity (Wildman–Crippen MR) is 85.9 cm³/mol. The number of benzene rings is 2. The molecule has 0 amide bonds. The molecule has 3 rings (SSSR count). The lowest BCUT2D eigenvalue weighted by atomic mass is 10.1. The molecule has 0 saturated carbocycles. The second kappa shape index (κ2) is 7.25. The Morgan fingerprint density at radius 2 is 1.56 bits per heavy atom. The van der Waals surface area contributed by atoms with Crippen molar-refractivity contribution in [2.45, 2.75) is 18.3 Å². The minimum absolute atomic E-state index is 0.642. The van der Waals surface area contributed by atoms with Crippen molar-refractivity contribution >= 4 is 32.3 Å². The molecule has 2 aromatic rings. The Morgan fingerprint density at radius 3 is 2.04 bits per heavy atom. The van der Waals surface area contributed by atoms with Gasteiger partial charge in [-0.3, -0.25) is 0 Å². The number of diazo groups is 1. The van der Waals surface area contributed by atoms with Crippen LogP contribution in [-0.2, 0) is 10.1 Å². The summed E-state index contributed by atoms with van der Waals surface area (Å²) in [6, 6.07) is 12.0. The molecule has 0 aromatic heterocycles. The molecule has 1 aliphatic rings. The van der Waals surface area contributed by atoms with Crippen molar-refractivity contribution in [1.82, 2.24) is 0 Å². The quantitative estimate of drug-likeness (QED) is 0.429. The molecule has 2 aromatic carbocycles. The minimum Gasteiger partial charge on any atom is -0.741 e. The van der Waals surface area contributed by atoms with Gasteiger partial charge in [-0.2, -0.15) is 13.2 Å². The Morgan fingerprint density at radius 1 is 1.04 bits per heavy atom. The fourth-order valence-corrected chi connectivity index (χ4v) is 2.59. The predicted octanol–water partition coefficient (Wildman–Crippen LogP) is 3.98. The molecule has 0 radical (unpaired) electrons. The average Bonchev–Trinajstić information content (AvgIpc) is 3.06. The van der Waals surface area contributed by atoms with Gasteiger partial charge in [0.2, 0.25) is 5.39 Å². The van der Waals surface area contributed by atoms with E-state index in [-0.39, 0.29) is 0 Å². The van der Waals surface area contributed by atoms with Crippen LogP contribution in [0.1, 0.15) is 12.8 Å². The number of fused-ring (bicyclic) bond motifs is 1. The Kier molecular flexibility index (Phi) is 5.49. The van der Waals surface area contributed by atoms with E-state index in [1.165, 1.54) is 23.9 Å². The van der Waals surface area contributed by atoms with Crippen LogP contribution in [0, 0.1) is 5.39 Å². The molecular formula is C15H14F3N3O3S. The van der Waals surface area contributed by atoms with Crippen LogP contribution in [0.3, 0.4) is 0 Å². The Balaban J connectivity index is 0.000000242. The average molecular weight is 373 g/mol. The third kappa shape index (κ3) is 4.37. The van der Waals surface area contributed by atoms with E-state index in [0.717, 1.165) is 18.5 Å². The highest BCUT2D eigenvalue weighted by atomic mass is 32.2. The molecule has 1 aliphatic heterocycles. The van der Waals surface area contributed by atoms with Crippen LogP contribution >= 0.6 is 0 Å². The molecule has 0 unspecified atom stereocenters. The molecular weight excluding hydrogens is 359 g/mol. The fraction of sp³-hybridized carbons (Fsp3) is 0.333. The van der Waals surface area contributed by atoms with Crippen molar-refractivity contribution in [1.29, 1.82) is 5.39 Å². The highest BCUT2D eigenvalue weighted by Gasteiger charge is 2.36. The van der Waals surface area contributed by atoms with Gasteiger partial charge in [0, 0.05) is 30.2 Å². The lowest BCUT2D eigenvalue weighted by Crippen LogP contribution is -2.21. The zero-order valence-corrected chi connectivity index (χ0v) is 13.7. The largest absolute Gasteiger partial charge is 0.741 e. The number of anilines is 1. The first-order valence-electron chi connectivity index (χ1n) is 7.29. The van der Waals surface area contributed by atoms with Crippen LogP contribution in [0.25, 0.3) is 15.7 Å². The summed E-state index contributed by atoms with van der Waals surface area (Å²) in [5.74, 6) is 0. The Labute approximate surface area is 142 Å². The standard InChI is InChI=1S/C14H14N3.CHF3O3S/c15-16-13-7-8-14(17-9-3-4-10-17)12-6-2-1-5-11(12)13;2-1(3,4)8(5,6)7/h1-2,5-8H,3-4,9-10H2;(H,5,6,7)/q+1;/p-1. The molecule has 6 nitrogen and oxygen atoms in total. The van der Waals surface area contributed by atoms with E-state index in [9.17, 15) is 13.2 Å². The van der Waals surface area contributed by atoms with Crippen molar-refractivity contribution in [3.63, 3.8) is 0 Å². The first kappa shape index (κ1) is 19.0. The van der Waals surface area contributed by atoms with Crippen molar-refractivity contribution in [3.8, 4) is 0 Å². The molecule has 134 valence electrons. The molecule has 0 bridgehead atoms. The zero-order valence-electron chi connectivity index (χ0n) is 12.9. The maximum atomic E-state index is 10.7. The highest BCUT2D eigenvalue weighted by Crippen LogP contribution is 2.35. The van der Waals surface area contributed by atoms with Gasteiger partial charge in [0.05, 0.1) is 5.39 Å². The fourth-order valence-electron chi connectivity index (χ4n) is 2.59. The number of hydrogen-bond donors (Lipinski definition) is 0. The summed E-state index contributed by atoms with van der Waals surface area (Å²) in [6.45, 7) is 2.25. The first-order valence-corrected chi connectivity index (χ1v) is 8.70. The summed E-state index contributed by atoms with van der Waals surface area (Å²) in [4.78, 5) is 5.75. The van der Waals surface area contributed by atoms with Gasteiger partial charge < -0.3 is 9.45 Å². The van der Waals surface area contributed by atoms with Gasteiger partial charge in [0.15, 0.2) is 15.1 Å². The van der Waals surface area contributed by atoms with Crippen LogP contribution in [0.2, 0.25) is 0 Å². The Bertz CT molecular complexity index is 902. The molecule has 0 N–H and O–H groups in total. The van der Waals surface area contributed by atoms with Crippen molar-refractivity contribution < 1.29 is 26.1 Å². The zero-order chi connectivity index (χ0) is 18.7. The molecule has 0 spiro atoms. The third-order valence-corrected chi connectivity index (χ3v) is 4.28. The minimum atomic E-state index is -6.09. The van der Waals surface area contributed by atoms with Crippen LogP contribution in [0.5, 0.6) is 0 Å². The molecule has 1 saturated heterocycles. The first-order chi connectivity index (χ1) is 11.6. The van der Waals surface area contributed by atoms with Gasteiger partial charge in [-0.15, -0.1) is 0 Å². The normalized spacial score (nSPS) is 14.8. The van der Waals surface area contributed by atoms with Gasteiger partial charge in [-0.25, -0.2) is 8.42 Å². The van der Waals surface area contributed by atoms with E-state index in [0.29, 0.717) is 5.69 Å². The second-order valence-electron chi connectivity index (χ2n) is 5.34. The Hall–Kier alpha value is -2.38. The third-order valence-electron chi connectivity index (χ3n) is 3.72. The van der Waals surface area contributed by atoms with Gasteiger partial charge in [0.1, 0.15) is 0 Å². The molecule has 10 heteroatoms. The smallest absolute Gasteiger partial charge is 0.485 e. The molecule has 1 fully saturated rings. The van der Waals surface area contributed by atoms with Crippen LogP contribution in [-0.4, -0.2) is 31.6 Å². The van der Waals surface area contributed by atoms with Gasteiger partial charge >= 0.3 is 11.2 Å².